The van der Waals surface area contributed by atoms with E-state index in [-0.39, 0.29) is 17.9 Å². The fourth-order valence-electron chi connectivity index (χ4n) is 1.92. The normalized spacial score (nSPS) is 13.0. The maximum absolute atomic E-state index is 13.2. The molecule has 0 fully saturated rings. The summed E-state index contributed by atoms with van der Waals surface area (Å²) >= 11 is 8.89. The van der Waals surface area contributed by atoms with E-state index in [9.17, 15) is 30.7 Å². The number of halogens is 9. The molecule has 0 aromatic heterocycles. The second-order valence-electron chi connectivity index (χ2n) is 5.61. The third kappa shape index (κ3) is 5.75. The lowest BCUT2D eigenvalue weighted by Crippen LogP contribution is -2.58. The number of benzene rings is 2. The fraction of sp³-hybridized carbons (Fsp3) is 0.235. The van der Waals surface area contributed by atoms with Gasteiger partial charge in [-0.15, -0.1) is 0 Å². The molecule has 3 nitrogen and oxygen atoms in total. The van der Waals surface area contributed by atoms with Crippen LogP contribution < -0.4 is 10.2 Å². The summed E-state index contributed by atoms with van der Waals surface area (Å²) in [6, 6.07) is 5.28. The van der Waals surface area contributed by atoms with Gasteiger partial charge >= 0.3 is 18.1 Å². The number of ether oxygens (including phenoxy) is 1. The number of nitrogens with one attached hydrogen (secondary N) is 1. The molecule has 158 valence electrons. The molecular formula is C17H11BrClF7N2O. The molecule has 2 rings (SSSR count). The van der Waals surface area contributed by atoms with Crippen molar-refractivity contribution in [2.45, 2.75) is 24.8 Å². The van der Waals surface area contributed by atoms with Crippen LogP contribution in [0.15, 0.2) is 52.0 Å². The van der Waals surface area contributed by atoms with Crippen molar-refractivity contribution in [1.29, 1.82) is 0 Å². The number of rotatable bonds is 7. The highest BCUT2D eigenvalue weighted by Crippen LogP contribution is 2.45. The number of nitrogens with zero attached hydrogens (tertiary/aromatic N) is 1. The number of hydrazone groups is 1. The lowest BCUT2D eigenvalue weighted by Gasteiger charge is -2.27. The molecule has 0 unspecified atom stereocenters. The van der Waals surface area contributed by atoms with Crippen LogP contribution in [0.1, 0.15) is 11.1 Å². The minimum Gasteiger partial charge on any atom is -0.488 e. The minimum absolute atomic E-state index is 0.0481. The maximum Gasteiger partial charge on any atom is 0.462 e. The van der Waals surface area contributed by atoms with Crippen molar-refractivity contribution in [3.8, 4) is 5.75 Å². The van der Waals surface area contributed by atoms with E-state index < -0.39 is 18.1 Å². The smallest absolute Gasteiger partial charge is 0.462 e. The molecule has 1 N–H and O–H groups in total. The van der Waals surface area contributed by atoms with E-state index in [1.54, 1.807) is 30.3 Å². The first kappa shape index (κ1) is 23.3. The van der Waals surface area contributed by atoms with Crippen LogP contribution in [0, 0.1) is 0 Å². The summed E-state index contributed by atoms with van der Waals surface area (Å²) in [5, 5.41) is 3.35. The summed E-state index contributed by atoms with van der Waals surface area (Å²) in [5.41, 5.74) is 1.33. The van der Waals surface area contributed by atoms with E-state index in [1.807, 2.05) is 0 Å². The van der Waals surface area contributed by atoms with Crippen molar-refractivity contribution in [3.05, 3.63) is 63.1 Å². The highest BCUT2D eigenvalue weighted by molar-refractivity contribution is 9.10. The van der Waals surface area contributed by atoms with Crippen LogP contribution in [0.4, 0.5) is 30.7 Å². The van der Waals surface area contributed by atoms with Gasteiger partial charge in [-0.25, -0.2) is 5.43 Å². The van der Waals surface area contributed by atoms with E-state index in [4.69, 9.17) is 16.3 Å². The minimum atomic E-state index is -6.46. The molecule has 0 heterocycles. The Morgan fingerprint density at radius 3 is 2.21 bits per heavy atom. The number of alkyl halides is 7. The summed E-state index contributed by atoms with van der Waals surface area (Å²) in [5.74, 6) is -6.19. The third-order valence-electron chi connectivity index (χ3n) is 3.44. The van der Waals surface area contributed by atoms with Gasteiger partial charge < -0.3 is 4.74 Å². The number of hydrogen-bond donors (Lipinski definition) is 1. The Morgan fingerprint density at radius 2 is 1.62 bits per heavy atom. The van der Waals surface area contributed by atoms with Gasteiger partial charge in [-0.05, 0) is 35.9 Å². The Balaban J connectivity index is 2.15. The molecule has 0 saturated heterocycles. The van der Waals surface area contributed by atoms with E-state index in [1.165, 1.54) is 12.1 Å². The Hall–Kier alpha value is -2.01. The van der Waals surface area contributed by atoms with E-state index >= 15 is 0 Å². The van der Waals surface area contributed by atoms with Crippen molar-refractivity contribution in [3.63, 3.8) is 0 Å². The van der Waals surface area contributed by atoms with Crippen LogP contribution in [0.2, 0.25) is 5.02 Å². The van der Waals surface area contributed by atoms with Crippen molar-refractivity contribution >= 4 is 33.7 Å². The molecule has 0 spiro atoms. The van der Waals surface area contributed by atoms with Gasteiger partial charge in [0, 0.05) is 15.1 Å². The quantitative estimate of drug-likeness (QED) is 0.204. The summed E-state index contributed by atoms with van der Waals surface area (Å²) in [7, 11) is 0. The van der Waals surface area contributed by atoms with Crippen molar-refractivity contribution in [1.82, 2.24) is 5.43 Å². The predicted molar refractivity (Wildman–Crippen MR) is 96.6 cm³/mol. The lowest BCUT2D eigenvalue weighted by molar-refractivity contribution is -0.361. The first-order chi connectivity index (χ1) is 13.3. The first-order valence-electron chi connectivity index (χ1n) is 7.63. The topological polar surface area (TPSA) is 33.6 Å². The van der Waals surface area contributed by atoms with Crippen LogP contribution in [0.3, 0.4) is 0 Å². The third-order valence-corrected chi connectivity index (χ3v) is 4.18. The molecule has 12 heteroatoms. The largest absolute Gasteiger partial charge is 0.488 e. The Bertz CT molecular complexity index is 873. The molecule has 0 radical (unpaired) electrons. The first-order valence-corrected chi connectivity index (χ1v) is 8.80. The molecule has 2 aromatic carbocycles. The molecule has 0 aliphatic heterocycles. The summed E-state index contributed by atoms with van der Waals surface area (Å²) in [6.45, 7) is 0.0510. The molecule has 29 heavy (non-hydrogen) atoms. The molecule has 2 aromatic rings. The van der Waals surface area contributed by atoms with Crippen LogP contribution >= 0.6 is 27.5 Å². The average molecular weight is 508 g/mol. The standard InChI is InChI=1S/C17H11BrClF7N2O/c18-12-3-6-14(29-9-10-1-4-13(19)5-2-10)11(7-12)8-27-28-17(25,26)15(20,21)16(22,23)24/h1-8,28H,9H2/b27-8+. The second-order valence-corrected chi connectivity index (χ2v) is 6.97. The van der Waals surface area contributed by atoms with Gasteiger partial charge in [-0.1, -0.05) is 39.7 Å². The molecule has 0 aliphatic rings. The Labute approximate surface area is 173 Å². The lowest BCUT2D eigenvalue weighted by atomic mass is 10.2. The average Bonchev–Trinajstić information content (AvgIpc) is 2.61. The van der Waals surface area contributed by atoms with E-state index in [0.717, 1.165) is 5.56 Å². The molecule has 0 bridgehead atoms. The molecule has 0 aliphatic carbocycles. The summed E-state index contributed by atoms with van der Waals surface area (Å²) < 4.78 is 94.6. The zero-order valence-corrected chi connectivity index (χ0v) is 16.4. The van der Waals surface area contributed by atoms with Crippen molar-refractivity contribution in [2.75, 3.05) is 0 Å². The van der Waals surface area contributed by atoms with Crippen LogP contribution in [0.5, 0.6) is 5.75 Å². The Kier molecular flexibility index (Phi) is 7.05. The summed E-state index contributed by atoms with van der Waals surface area (Å²) in [6.07, 6.45) is -5.82. The molecule has 0 atom stereocenters. The van der Waals surface area contributed by atoms with Gasteiger partial charge in [-0.3, -0.25) is 0 Å². The van der Waals surface area contributed by atoms with Gasteiger partial charge in [0.1, 0.15) is 12.4 Å². The van der Waals surface area contributed by atoms with Gasteiger partial charge in [0.15, 0.2) is 0 Å². The second kappa shape index (κ2) is 8.78. The van der Waals surface area contributed by atoms with Crippen LogP contribution in [-0.4, -0.2) is 24.4 Å². The van der Waals surface area contributed by atoms with E-state index in [0.29, 0.717) is 21.1 Å². The molecule has 0 amide bonds. The Morgan fingerprint density at radius 1 is 1.00 bits per heavy atom. The van der Waals surface area contributed by atoms with E-state index in [2.05, 4.69) is 21.0 Å². The highest BCUT2D eigenvalue weighted by Gasteiger charge is 2.73. The SMILES string of the molecule is FC(F)(F)C(F)(F)C(F)(F)N/N=C/c1cc(Br)ccc1OCc1ccc(Cl)cc1. The maximum atomic E-state index is 13.2. The summed E-state index contributed by atoms with van der Waals surface area (Å²) in [4.78, 5) is 0. The van der Waals surface area contributed by atoms with Crippen molar-refractivity contribution in [2.24, 2.45) is 5.10 Å². The molecule has 0 saturated carbocycles. The zero-order chi connectivity index (χ0) is 21.9. The van der Waals surface area contributed by atoms with Gasteiger partial charge in [-0.2, -0.15) is 35.8 Å². The van der Waals surface area contributed by atoms with Crippen molar-refractivity contribution < 1.29 is 35.5 Å². The number of hydrogen-bond acceptors (Lipinski definition) is 3. The van der Waals surface area contributed by atoms with Gasteiger partial charge in [0.05, 0.1) is 6.21 Å². The monoisotopic (exact) mass is 506 g/mol. The zero-order valence-electron chi connectivity index (χ0n) is 14.1. The highest BCUT2D eigenvalue weighted by atomic mass is 79.9. The van der Waals surface area contributed by atoms with Crippen LogP contribution in [0.25, 0.3) is 0 Å². The van der Waals surface area contributed by atoms with Gasteiger partial charge in [0.25, 0.3) is 0 Å². The fourth-order valence-corrected chi connectivity index (χ4v) is 2.43. The van der Waals surface area contributed by atoms with Crippen LogP contribution in [-0.2, 0) is 6.61 Å². The molecular weight excluding hydrogens is 497 g/mol. The van der Waals surface area contributed by atoms with Gasteiger partial charge in [0.2, 0.25) is 0 Å². The predicted octanol–water partition coefficient (Wildman–Crippen LogP) is 6.40.